The van der Waals surface area contributed by atoms with Crippen molar-refractivity contribution in [3.05, 3.63) is 81.8 Å². The summed E-state index contributed by atoms with van der Waals surface area (Å²) in [5.41, 5.74) is 1.04. The third kappa shape index (κ3) is 5.93. The van der Waals surface area contributed by atoms with Gasteiger partial charge in [-0.25, -0.2) is 9.59 Å². The fraction of sp³-hybridized carbons (Fsp3) is 0.160. The highest BCUT2D eigenvalue weighted by Gasteiger charge is 2.19. The highest BCUT2D eigenvalue weighted by atomic mass is 79.9. The summed E-state index contributed by atoms with van der Waals surface area (Å²) in [6.45, 7) is 2.28. The molecule has 0 spiro atoms. The van der Waals surface area contributed by atoms with Crippen LogP contribution >= 0.6 is 15.9 Å². The molecular formula is C25H22BrNO7. The van der Waals surface area contributed by atoms with Crippen LogP contribution < -0.4 is 14.8 Å². The molecule has 9 heteroatoms. The fourth-order valence-corrected chi connectivity index (χ4v) is 3.42. The quantitative estimate of drug-likeness (QED) is 0.388. The van der Waals surface area contributed by atoms with Crippen molar-refractivity contribution >= 4 is 39.5 Å². The standard InChI is InChI=1S/C25H22BrNO7/c1-4-33-22-12-5-15(26)13-21(22)23(28)27-16-6-8-17(9-7-16)34-18-10-11-19(24(29)31-2)20(14-18)25(30)32-3/h5-14H,4H2,1-3H3,(H,27,28). The molecule has 0 bridgehead atoms. The third-order valence-corrected chi connectivity index (χ3v) is 5.13. The van der Waals surface area contributed by atoms with Gasteiger partial charge in [0.05, 0.1) is 37.5 Å². The number of hydrogen-bond donors (Lipinski definition) is 1. The number of amides is 1. The number of carbonyl (C=O) groups excluding carboxylic acids is 3. The summed E-state index contributed by atoms with van der Waals surface area (Å²) in [5.74, 6) is -0.412. The van der Waals surface area contributed by atoms with E-state index in [9.17, 15) is 14.4 Å². The lowest BCUT2D eigenvalue weighted by Gasteiger charge is -2.12. The Labute approximate surface area is 204 Å². The zero-order valence-corrected chi connectivity index (χ0v) is 20.3. The van der Waals surface area contributed by atoms with E-state index in [1.165, 1.54) is 32.4 Å². The third-order valence-electron chi connectivity index (χ3n) is 4.64. The Morgan fingerprint density at radius 3 is 2.09 bits per heavy atom. The molecule has 0 atom stereocenters. The molecule has 0 aliphatic carbocycles. The molecule has 0 fully saturated rings. The van der Waals surface area contributed by atoms with Crippen molar-refractivity contribution in [3.8, 4) is 17.2 Å². The van der Waals surface area contributed by atoms with Gasteiger partial charge in [-0.05, 0) is 67.6 Å². The first-order valence-electron chi connectivity index (χ1n) is 10.2. The van der Waals surface area contributed by atoms with Gasteiger partial charge in [0.25, 0.3) is 5.91 Å². The maximum Gasteiger partial charge on any atom is 0.338 e. The van der Waals surface area contributed by atoms with Gasteiger partial charge in [0.1, 0.15) is 17.2 Å². The molecule has 1 N–H and O–H groups in total. The molecule has 0 aromatic heterocycles. The highest BCUT2D eigenvalue weighted by Crippen LogP contribution is 2.28. The first-order chi connectivity index (χ1) is 16.4. The van der Waals surface area contributed by atoms with Crippen LogP contribution in [0, 0.1) is 0 Å². The fourth-order valence-electron chi connectivity index (χ4n) is 3.06. The van der Waals surface area contributed by atoms with Crippen LogP contribution in [0.2, 0.25) is 0 Å². The minimum absolute atomic E-state index is 0.0230. The van der Waals surface area contributed by atoms with E-state index in [1.807, 2.05) is 6.92 Å². The molecule has 176 valence electrons. The van der Waals surface area contributed by atoms with Gasteiger partial charge >= 0.3 is 11.9 Å². The van der Waals surface area contributed by atoms with Gasteiger partial charge < -0.3 is 24.3 Å². The molecule has 0 saturated heterocycles. The molecule has 8 nitrogen and oxygen atoms in total. The van der Waals surface area contributed by atoms with Crippen molar-refractivity contribution in [2.75, 3.05) is 26.1 Å². The maximum atomic E-state index is 12.8. The van der Waals surface area contributed by atoms with Crippen LogP contribution in [0.3, 0.4) is 0 Å². The minimum Gasteiger partial charge on any atom is -0.493 e. The van der Waals surface area contributed by atoms with E-state index in [4.69, 9.17) is 18.9 Å². The summed E-state index contributed by atoms with van der Waals surface area (Å²) in [5, 5.41) is 2.83. The molecule has 0 saturated carbocycles. The van der Waals surface area contributed by atoms with E-state index < -0.39 is 11.9 Å². The number of methoxy groups -OCH3 is 2. The number of hydrogen-bond acceptors (Lipinski definition) is 7. The van der Waals surface area contributed by atoms with Crippen molar-refractivity contribution in [2.45, 2.75) is 6.92 Å². The van der Waals surface area contributed by atoms with Gasteiger partial charge in [0.2, 0.25) is 0 Å². The average molecular weight is 528 g/mol. The van der Waals surface area contributed by atoms with Gasteiger partial charge in [-0.2, -0.15) is 0 Å². The Bertz CT molecular complexity index is 1210. The van der Waals surface area contributed by atoms with Crippen molar-refractivity contribution in [1.82, 2.24) is 0 Å². The molecule has 3 aromatic rings. The normalized spacial score (nSPS) is 10.2. The number of carbonyl (C=O) groups is 3. The lowest BCUT2D eigenvalue weighted by atomic mass is 10.1. The number of benzene rings is 3. The van der Waals surface area contributed by atoms with Crippen LogP contribution in [0.5, 0.6) is 17.2 Å². The predicted molar refractivity (Wildman–Crippen MR) is 129 cm³/mol. The highest BCUT2D eigenvalue weighted by molar-refractivity contribution is 9.10. The Hall–Kier alpha value is -3.85. The first kappa shape index (κ1) is 24.8. The largest absolute Gasteiger partial charge is 0.493 e. The minimum atomic E-state index is -0.692. The molecule has 1 amide bonds. The summed E-state index contributed by atoms with van der Waals surface area (Å²) in [6.07, 6.45) is 0. The summed E-state index contributed by atoms with van der Waals surface area (Å²) in [4.78, 5) is 36.7. The summed E-state index contributed by atoms with van der Waals surface area (Å²) in [7, 11) is 2.44. The SMILES string of the molecule is CCOc1ccc(Br)cc1C(=O)Nc1ccc(Oc2ccc(C(=O)OC)c(C(=O)OC)c2)cc1. The summed E-state index contributed by atoms with van der Waals surface area (Å²) in [6, 6.07) is 16.3. The van der Waals surface area contributed by atoms with E-state index in [-0.39, 0.29) is 17.0 Å². The van der Waals surface area contributed by atoms with Crippen LogP contribution in [0.4, 0.5) is 5.69 Å². The topological polar surface area (TPSA) is 100 Å². The van der Waals surface area contributed by atoms with Gasteiger partial charge in [-0.1, -0.05) is 15.9 Å². The molecular weight excluding hydrogens is 506 g/mol. The van der Waals surface area contributed by atoms with Crippen LogP contribution in [-0.4, -0.2) is 38.7 Å². The van der Waals surface area contributed by atoms with E-state index >= 15 is 0 Å². The van der Waals surface area contributed by atoms with Gasteiger partial charge in [-0.15, -0.1) is 0 Å². The predicted octanol–water partition coefficient (Wildman–Crippen LogP) is 5.47. The number of ether oxygens (including phenoxy) is 4. The lowest BCUT2D eigenvalue weighted by Crippen LogP contribution is -2.13. The molecule has 0 aliphatic heterocycles. The van der Waals surface area contributed by atoms with Crippen molar-refractivity contribution < 1.29 is 33.3 Å². The van der Waals surface area contributed by atoms with Crippen LogP contribution in [-0.2, 0) is 9.47 Å². The first-order valence-corrected chi connectivity index (χ1v) is 11.0. The number of rotatable bonds is 8. The average Bonchev–Trinajstić information content (AvgIpc) is 2.85. The Morgan fingerprint density at radius 2 is 1.44 bits per heavy atom. The number of esters is 2. The zero-order valence-electron chi connectivity index (χ0n) is 18.7. The molecule has 0 radical (unpaired) electrons. The van der Waals surface area contributed by atoms with Crippen LogP contribution in [0.1, 0.15) is 38.0 Å². The van der Waals surface area contributed by atoms with Crippen LogP contribution in [0.25, 0.3) is 0 Å². The van der Waals surface area contributed by atoms with Gasteiger partial charge in [0, 0.05) is 10.2 Å². The van der Waals surface area contributed by atoms with Crippen molar-refractivity contribution in [1.29, 1.82) is 0 Å². The van der Waals surface area contributed by atoms with Crippen LogP contribution in [0.15, 0.2) is 65.1 Å². The van der Waals surface area contributed by atoms with Crippen molar-refractivity contribution in [2.24, 2.45) is 0 Å². The van der Waals surface area contributed by atoms with Gasteiger partial charge in [-0.3, -0.25) is 4.79 Å². The van der Waals surface area contributed by atoms with E-state index in [2.05, 4.69) is 21.2 Å². The number of anilines is 1. The number of halogens is 1. The van der Waals surface area contributed by atoms with Gasteiger partial charge in [0.15, 0.2) is 0 Å². The van der Waals surface area contributed by atoms with Crippen molar-refractivity contribution in [3.63, 3.8) is 0 Å². The number of nitrogens with one attached hydrogen (secondary N) is 1. The molecule has 0 heterocycles. The molecule has 3 rings (SSSR count). The molecule has 3 aromatic carbocycles. The monoisotopic (exact) mass is 527 g/mol. The van der Waals surface area contributed by atoms with E-state index in [0.29, 0.717) is 35.1 Å². The second-order valence-electron chi connectivity index (χ2n) is 6.84. The smallest absolute Gasteiger partial charge is 0.338 e. The Balaban J connectivity index is 1.76. The lowest BCUT2D eigenvalue weighted by molar-refractivity contribution is 0.0555. The molecule has 34 heavy (non-hydrogen) atoms. The molecule has 0 unspecified atom stereocenters. The Kier molecular flexibility index (Phi) is 8.26. The maximum absolute atomic E-state index is 12.8. The van der Waals surface area contributed by atoms with E-state index in [0.717, 1.165) is 4.47 Å². The zero-order chi connectivity index (χ0) is 24.7. The summed E-state index contributed by atoms with van der Waals surface area (Å²) < 4.78 is 21.5. The van der Waals surface area contributed by atoms with E-state index in [1.54, 1.807) is 42.5 Å². The second kappa shape index (κ2) is 11.3. The summed E-state index contributed by atoms with van der Waals surface area (Å²) >= 11 is 3.37. The Morgan fingerprint density at radius 1 is 0.794 bits per heavy atom. The molecule has 0 aliphatic rings. The second-order valence-corrected chi connectivity index (χ2v) is 7.76.